The Morgan fingerprint density at radius 2 is 1.64 bits per heavy atom. The van der Waals surface area contributed by atoms with Gasteiger partial charge in [-0.1, -0.05) is 30.2 Å². The topological polar surface area (TPSA) is 176 Å². The van der Waals surface area contributed by atoms with Gasteiger partial charge >= 0.3 is 6.01 Å². The van der Waals surface area contributed by atoms with Crippen LogP contribution in [-0.2, 0) is 26.1 Å². The number of rotatable bonds is 18. The molecule has 0 saturated heterocycles. The predicted molar refractivity (Wildman–Crippen MR) is 189 cm³/mol. The first-order valence-corrected chi connectivity index (χ1v) is 18.2. The zero-order valence-corrected chi connectivity index (χ0v) is 29.6. The summed E-state index contributed by atoms with van der Waals surface area (Å²) in [5.41, 5.74) is 0.0758. The van der Waals surface area contributed by atoms with Crippen molar-refractivity contribution in [3.8, 4) is 6.01 Å². The van der Waals surface area contributed by atoms with E-state index in [9.17, 15) is 23.0 Å². The lowest BCUT2D eigenvalue weighted by atomic mass is 10.0. The predicted octanol–water partition coefficient (Wildman–Crippen LogP) is 4.85. The van der Waals surface area contributed by atoms with E-state index in [4.69, 9.17) is 16.3 Å². The fraction of sp³-hybridized carbons (Fsp3) is 0.471. The standard InChI is InChI=1S/C34H42ClFN8O5S/c1-33(2,36)21-49-32-41-30(40-31(42-32)43-34(17-18-34)23-10-12-24(35)13-11-23)39-25-14-8-22(9-15-25)29(47)38-19-4-7-27(45)37-20-16-28(46)44-50(48)26-5-3-6-26/h8-15,26H,3-7,16-21H2,1-2H3,(H,37,45)(H,38,47)(H,44,46)(H2,39,40,41,42,43). The maximum Gasteiger partial charge on any atom is 0.323 e. The quantitative estimate of drug-likeness (QED) is 0.114. The number of carbonyl (C=O) groups excluding carboxylic acids is 3. The number of alkyl halides is 1. The number of aromatic nitrogens is 3. The number of hydrogen-bond donors (Lipinski definition) is 5. The van der Waals surface area contributed by atoms with Crippen molar-refractivity contribution >= 4 is 57.9 Å². The molecule has 0 spiro atoms. The van der Waals surface area contributed by atoms with Crippen molar-refractivity contribution in [3.05, 3.63) is 64.7 Å². The Labute approximate surface area is 297 Å². The van der Waals surface area contributed by atoms with Crippen molar-refractivity contribution in [1.29, 1.82) is 0 Å². The molecule has 2 aliphatic carbocycles. The van der Waals surface area contributed by atoms with E-state index in [1.165, 1.54) is 13.8 Å². The number of anilines is 3. The van der Waals surface area contributed by atoms with Crippen LogP contribution in [0.3, 0.4) is 0 Å². The molecule has 1 atom stereocenters. The number of benzene rings is 2. The highest BCUT2D eigenvalue weighted by atomic mass is 35.5. The normalized spacial score (nSPS) is 15.6. The Hall–Kier alpha value is -4.37. The van der Waals surface area contributed by atoms with E-state index in [1.54, 1.807) is 24.3 Å². The number of carbonyl (C=O) groups is 3. The van der Waals surface area contributed by atoms with E-state index >= 15 is 0 Å². The van der Waals surface area contributed by atoms with Crippen LogP contribution in [0.2, 0.25) is 5.02 Å². The highest BCUT2D eigenvalue weighted by Crippen LogP contribution is 2.48. The summed E-state index contributed by atoms with van der Waals surface area (Å²) in [6.07, 6.45) is 5.11. The third-order valence-corrected chi connectivity index (χ3v) is 9.93. The van der Waals surface area contributed by atoms with Crippen molar-refractivity contribution in [2.45, 2.75) is 81.7 Å². The van der Waals surface area contributed by atoms with Crippen LogP contribution in [0.15, 0.2) is 48.5 Å². The van der Waals surface area contributed by atoms with Gasteiger partial charge in [-0.05, 0) is 87.9 Å². The summed E-state index contributed by atoms with van der Waals surface area (Å²) < 4.78 is 34.2. The number of halogens is 2. The minimum Gasteiger partial charge on any atom is -0.460 e. The lowest BCUT2D eigenvalue weighted by Crippen LogP contribution is -2.38. The van der Waals surface area contributed by atoms with Gasteiger partial charge in [-0.25, -0.2) is 8.60 Å². The largest absolute Gasteiger partial charge is 0.460 e. The molecular formula is C34H42ClFN8O5S. The van der Waals surface area contributed by atoms with Crippen LogP contribution in [0, 0.1) is 0 Å². The second-order valence-corrected chi connectivity index (χ2v) is 14.9. The first kappa shape index (κ1) is 36.9. The molecule has 5 rings (SSSR count). The summed E-state index contributed by atoms with van der Waals surface area (Å²) in [4.78, 5) is 49.9. The lowest BCUT2D eigenvalue weighted by Gasteiger charge is -2.24. The Morgan fingerprint density at radius 3 is 2.28 bits per heavy atom. The molecule has 1 unspecified atom stereocenters. The molecule has 1 heterocycles. The highest BCUT2D eigenvalue weighted by molar-refractivity contribution is 7.84. The van der Waals surface area contributed by atoms with Gasteiger partial charge in [-0.3, -0.25) is 19.1 Å². The molecule has 3 amide bonds. The van der Waals surface area contributed by atoms with Crippen LogP contribution in [0.5, 0.6) is 6.01 Å². The molecule has 268 valence electrons. The average Bonchev–Trinajstić information content (AvgIpc) is 3.81. The van der Waals surface area contributed by atoms with Crippen LogP contribution in [-0.4, -0.2) is 67.5 Å². The molecular weight excluding hydrogens is 687 g/mol. The molecule has 5 N–H and O–H groups in total. The number of amides is 3. The zero-order chi connectivity index (χ0) is 35.7. The third-order valence-electron chi connectivity index (χ3n) is 8.17. The minimum atomic E-state index is -1.60. The van der Waals surface area contributed by atoms with Crippen molar-refractivity contribution in [2.24, 2.45) is 0 Å². The third kappa shape index (κ3) is 11.1. The first-order chi connectivity index (χ1) is 23.9. The number of nitrogens with zero attached hydrogens (tertiary/aromatic N) is 3. The van der Waals surface area contributed by atoms with Gasteiger partial charge in [0.05, 0.1) is 10.8 Å². The van der Waals surface area contributed by atoms with Gasteiger partial charge in [-0.2, -0.15) is 15.0 Å². The van der Waals surface area contributed by atoms with E-state index in [1.807, 2.05) is 24.3 Å². The summed E-state index contributed by atoms with van der Waals surface area (Å²) in [7, 11) is -1.36. The van der Waals surface area contributed by atoms with Gasteiger partial charge in [0.15, 0.2) is 0 Å². The molecule has 0 radical (unpaired) electrons. The van der Waals surface area contributed by atoms with Crippen LogP contribution in [0.4, 0.5) is 22.0 Å². The van der Waals surface area contributed by atoms with Crippen molar-refractivity contribution < 1.29 is 27.7 Å². The van der Waals surface area contributed by atoms with E-state index in [0.717, 1.165) is 37.7 Å². The monoisotopic (exact) mass is 728 g/mol. The SMILES string of the molecule is CC(C)(F)COc1nc(Nc2ccc(C(=O)NCCCC(=O)NCCC(=O)NS(=O)C3CCC3)cc2)nc(NC2(c3ccc(Cl)cc3)CC2)n1. The number of nitrogens with one attached hydrogen (secondary N) is 5. The fourth-order valence-electron chi connectivity index (χ4n) is 4.99. The second-order valence-electron chi connectivity index (χ2n) is 13.0. The van der Waals surface area contributed by atoms with E-state index < -0.39 is 16.7 Å². The smallest absolute Gasteiger partial charge is 0.323 e. The molecule has 13 nitrogen and oxygen atoms in total. The average molecular weight is 729 g/mol. The van der Waals surface area contributed by atoms with E-state index in [-0.39, 0.29) is 79.0 Å². The van der Waals surface area contributed by atoms with Crippen molar-refractivity contribution in [1.82, 2.24) is 30.3 Å². The molecule has 0 aliphatic heterocycles. The molecule has 3 aromatic rings. The van der Waals surface area contributed by atoms with Gasteiger partial charge < -0.3 is 26.0 Å². The zero-order valence-electron chi connectivity index (χ0n) is 28.0. The van der Waals surface area contributed by atoms with Crippen molar-refractivity contribution in [2.75, 3.05) is 30.3 Å². The summed E-state index contributed by atoms with van der Waals surface area (Å²) in [5.74, 6) is -0.471. The Bertz CT molecular complexity index is 1680. The van der Waals surface area contributed by atoms with Gasteiger partial charge in [0, 0.05) is 42.2 Å². The minimum absolute atomic E-state index is 0.0374. The van der Waals surface area contributed by atoms with Crippen LogP contribution in [0.1, 0.15) is 81.1 Å². The van der Waals surface area contributed by atoms with E-state index in [2.05, 4.69) is 40.9 Å². The Kier molecular flexibility index (Phi) is 12.2. The first-order valence-electron chi connectivity index (χ1n) is 16.6. The Balaban J connectivity index is 1.09. The molecule has 2 aromatic carbocycles. The molecule has 1 aromatic heterocycles. The Morgan fingerprint density at radius 1 is 0.940 bits per heavy atom. The van der Waals surface area contributed by atoms with Crippen LogP contribution in [0.25, 0.3) is 0 Å². The summed E-state index contributed by atoms with van der Waals surface area (Å²) in [5, 5.41) is 12.6. The summed E-state index contributed by atoms with van der Waals surface area (Å²) in [6.45, 7) is 2.97. The van der Waals surface area contributed by atoms with Crippen LogP contribution < -0.4 is 30.7 Å². The van der Waals surface area contributed by atoms with Crippen LogP contribution >= 0.6 is 11.6 Å². The van der Waals surface area contributed by atoms with Gasteiger partial charge in [0.2, 0.25) is 23.7 Å². The van der Waals surface area contributed by atoms with Gasteiger partial charge in [-0.15, -0.1) is 0 Å². The molecule has 2 aliphatic rings. The second kappa shape index (κ2) is 16.6. The highest BCUT2D eigenvalue weighted by Gasteiger charge is 2.45. The van der Waals surface area contributed by atoms with Crippen molar-refractivity contribution in [3.63, 3.8) is 0 Å². The molecule has 2 fully saturated rings. The van der Waals surface area contributed by atoms with Gasteiger partial charge in [0.1, 0.15) is 23.3 Å². The molecule has 2 saturated carbocycles. The maximum absolute atomic E-state index is 14.2. The number of hydrogen-bond acceptors (Lipinski definition) is 10. The lowest BCUT2D eigenvalue weighted by molar-refractivity contribution is -0.121. The summed E-state index contributed by atoms with van der Waals surface area (Å²) >= 11 is 6.08. The fourth-order valence-corrected chi connectivity index (χ4v) is 6.37. The molecule has 50 heavy (non-hydrogen) atoms. The molecule has 16 heteroatoms. The maximum atomic E-state index is 14.2. The van der Waals surface area contributed by atoms with Gasteiger partial charge in [0.25, 0.3) is 5.91 Å². The van der Waals surface area contributed by atoms with E-state index in [0.29, 0.717) is 22.7 Å². The summed E-state index contributed by atoms with van der Waals surface area (Å²) in [6, 6.07) is 14.2. The number of ether oxygens (including phenoxy) is 1. The molecule has 0 bridgehead atoms.